The summed E-state index contributed by atoms with van der Waals surface area (Å²) in [5, 5.41) is 17.3. The SMILES string of the molecule is N#Cc1cc(N)c(C(=O)O)cc1Cl. The lowest BCUT2D eigenvalue weighted by molar-refractivity contribution is 0.0698. The van der Waals surface area contributed by atoms with Gasteiger partial charge in [0.1, 0.15) is 6.07 Å². The van der Waals surface area contributed by atoms with E-state index in [-0.39, 0.29) is 21.8 Å². The third-order valence-electron chi connectivity index (χ3n) is 1.49. The molecule has 0 aliphatic rings. The molecule has 0 aliphatic carbocycles. The second-order valence-electron chi connectivity index (χ2n) is 2.34. The molecule has 0 aliphatic heterocycles. The summed E-state index contributed by atoms with van der Waals surface area (Å²) in [4.78, 5) is 10.6. The summed E-state index contributed by atoms with van der Waals surface area (Å²) in [5.41, 5.74) is 5.49. The molecule has 0 radical (unpaired) electrons. The molecule has 5 heteroatoms. The summed E-state index contributed by atoms with van der Waals surface area (Å²) in [5.74, 6) is -1.16. The minimum absolute atomic E-state index is 0.0356. The van der Waals surface area contributed by atoms with Crippen LogP contribution in [-0.4, -0.2) is 11.1 Å². The monoisotopic (exact) mass is 196 g/mol. The van der Waals surface area contributed by atoms with Crippen molar-refractivity contribution in [1.82, 2.24) is 0 Å². The van der Waals surface area contributed by atoms with Gasteiger partial charge in [-0.05, 0) is 12.1 Å². The number of hydrogen-bond acceptors (Lipinski definition) is 3. The minimum Gasteiger partial charge on any atom is -0.478 e. The minimum atomic E-state index is -1.16. The Hall–Kier alpha value is -1.73. The molecule has 1 aromatic carbocycles. The van der Waals surface area contributed by atoms with Crippen molar-refractivity contribution in [3.8, 4) is 6.07 Å². The summed E-state index contributed by atoms with van der Waals surface area (Å²) < 4.78 is 0. The molecular formula is C8H5ClN2O2. The van der Waals surface area contributed by atoms with Gasteiger partial charge in [-0.2, -0.15) is 5.26 Å². The molecule has 0 fully saturated rings. The summed E-state index contributed by atoms with van der Waals surface area (Å²) in [6.45, 7) is 0. The van der Waals surface area contributed by atoms with Crippen LogP contribution in [0.4, 0.5) is 5.69 Å². The number of aromatic carboxylic acids is 1. The highest BCUT2D eigenvalue weighted by Crippen LogP contribution is 2.22. The number of rotatable bonds is 1. The van der Waals surface area contributed by atoms with Crippen LogP contribution >= 0.6 is 11.6 Å². The van der Waals surface area contributed by atoms with E-state index in [4.69, 9.17) is 27.7 Å². The Morgan fingerprint density at radius 2 is 2.23 bits per heavy atom. The first-order valence-corrected chi connectivity index (χ1v) is 3.66. The first-order chi connectivity index (χ1) is 6.06. The number of benzene rings is 1. The third kappa shape index (κ3) is 1.71. The van der Waals surface area contributed by atoms with E-state index < -0.39 is 5.97 Å². The Labute approximate surface area is 79.2 Å². The van der Waals surface area contributed by atoms with Gasteiger partial charge >= 0.3 is 5.97 Å². The zero-order valence-electron chi connectivity index (χ0n) is 6.41. The number of carboxylic acid groups (broad SMARTS) is 1. The lowest BCUT2D eigenvalue weighted by Crippen LogP contribution is -2.02. The van der Waals surface area contributed by atoms with E-state index in [0.717, 1.165) is 6.07 Å². The molecule has 1 rings (SSSR count). The lowest BCUT2D eigenvalue weighted by atomic mass is 10.1. The van der Waals surface area contributed by atoms with Crippen LogP contribution in [0.15, 0.2) is 12.1 Å². The molecule has 0 heterocycles. The van der Waals surface area contributed by atoms with E-state index in [1.807, 2.05) is 0 Å². The van der Waals surface area contributed by atoms with Crippen LogP contribution in [0.3, 0.4) is 0 Å². The van der Waals surface area contributed by atoms with Gasteiger partial charge in [0.15, 0.2) is 0 Å². The van der Waals surface area contributed by atoms with Gasteiger partial charge in [0.05, 0.1) is 16.1 Å². The smallest absolute Gasteiger partial charge is 0.337 e. The van der Waals surface area contributed by atoms with Gasteiger partial charge in [-0.3, -0.25) is 0 Å². The lowest BCUT2D eigenvalue weighted by Gasteiger charge is -2.01. The third-order valence-corrected chi connectivity index (χ3v) is 1.80. The fourth-order valence-electron chi connectivity index (χ4n) is 0.861. The highest BCUT2D eigenvalue weighted by atomic mass is 35.5. The molecule has 0 bridgehead atoms. The second-order valence-corrected chi connectivity index (χ2v) is 2.74. The Morgan fingerprint density at radius 1 is 1.62 bits per heavy atom. The van der Waals surface area contributed by atoms with E-state index >= 15 is 0 Å². The maximum absolute atomic E-state index is 10.6. The van der Waals surface area contributed by atoms with Gasteiger partial charge in [0, 0.05) is 5.69 Å². The quantitative estimate of drug-likeness (QED) is 0.667. The molecule has 0 spiro atoms. The number of nitrogens with two attached hydrogens (primary N) is 1. The molecule has 0 atom stereocenters. The van der Waals surface area contributed by atoms with Gasteiger partial charge in [0.2, 0.25) is 0 Å². The van der Waals surface area contributed by atoms with Gasteiger partial charge in [-0.25, -0.2) is 4.79 Å². The largest absolute Gasteiger partial charge is 0.478 e. The Morgan fingerprint density at radius 3 is 2.69 bits per heavy atom. The zero-order chi connectivity index (χ0) is 10.0. The number of nitrogen functional groups attached to an aromatic ring is 1. The van der Waals surface area contributed by atoms with Crippen LogP contribution in [0.25, 0.3) is 0 Å². The van der Waals surface area contributed by atoms with E-state index in [9.17, 15) is 4.79 Å². The first-order valence-electron chi connectivity index (χ1n) is 3.28. The molecule has 0 saturated carbocycles. The van der Waals surface area contributed by atoms with Crippen LogP contribution in [0.5, 0.6) is 0 Å². The summed E-state index contributed by atoms with van der Waals surface area (Å²) in [6, 6.07) is 4.20. The van der Waals surface area contributed by atoms with E-state index in [1.54, 1.807) is 6.07 Å². The second kappa shape index (κ2) is 3.33. The summed E-state index contributed by atoms with van der Waals surface area (Å²) in [7, 11) is 0. The number of hydrogen-bond donors (Lipinski definition) is 2. The molecule has 3 N–H and O–H groups in total. The Bertz CT molecular complexity index is 409. The number of nitriles is 1. The van der Waals surface area contributed by atoms with Crippen molar-refractivity contribution < 1.29 is 9.90 Å². The van der Waals surface area contributed by atoms with E-state index in [2.05, 4.69) is 0 Å². The number of halogens is 1. The van der Waals surface area contributed by atoms with Crippen LogP contribution in [-0.2, 0) is 0 Å². The van der Waals surface area contributed by atoms with Crippen LogP contribution in [0.1, 0.15) is 15.9 Å². The number of nitrogens with zero attached hydrogens (tertiary/aromatic N) is 1. The number of carbonyl (C=O) groups is 1. The van der Waals surface area contributed by atoms with Crippen molar-refractivity contribution in [2.24, 2.45) is 0 Å². The molecular weight excluding hydrogens is 192 g/mol. The Balaban J connectivity index is 3.39. The van der Waals surface area contributed by atoms with Crippen LogP contribution < -0.4 is 5.73 Å². The van der Waals surface area contributed by atoms with E-state index in [1.165, 1.54) is 6.07 Å². The highest BCUT2D eigenvalue weighted by Gasteiger charge is 2.11. The summed E-state index contributed by atoms with van der Waals surface area (Å²) >= 11 is 5.60. The van der Waals surface area contributed by atoms with Crippen molar-refractivity contribution in [3.63, 3.8) is 0 Å². The van der Waals surface area contributed by atoms with Crippen molar-refractivity contribution >= 4 is 23.3 Å². The molecule has 0 aromatic heterocycles. The molecule has 13 heavy (non-hydrogen) atoms. The predicted octanol–water partition coefficient (Wildman–Crippen LogP) is 1.49. The average molecular weight is 197 g/mol. The Kier molecular flexibility index (Phi) is 2.40. The number of carboxylic acids is 1. The van der Waals surface area contributed by atoms with Gasteiger partial charge in [-0.15, -0.1) is 0 Å². The van der Waals surface area contributed by atoms with Crippen molar-refractivity contribution in [2.45, 2.75) is 0 Å². The van der Waals surface area contributed by atoms with Gasteiger partial charge in [-0.1, -0.05) is 11.6 Å². The molecule has 1 aromatic rings. The first kappa shape index (κ1) is 9.36. The molecule has 0 amide bonds. The van der Waals surface area contributed by atoms with Crippen LogP contribution in [0, 0.1) is 11.3 Å². The molecule has 0 saturated heterocycles. The summed E-state index contributed by atoms with van der Waals surface area (Å²) in [6.07, 6.45) is 0. The normalized spacial score (nSPS) is 9.23. The van der Waals surface area contributed by atoms with E-state index in [0.29, 0.717) is 0 Å². The standard InChI is InChI=1S/C8H5ClN2O2/c9-6-2-5(8(12)13)7(11)1-4(6)3-10/h1-2H,11H2,(H,12,13). The number of anilines is 1. The fourth-order valence-corrected chi connectivity index (χ4v) is 1.07. The zero-order valence-corrected chi connectivity index (χ0v) is 7.17. The highest BCUT2D eigenvalue weighted by molar-refractivity contribution is 6.32. The average Bonchev–Trinajstić information content (AvgIpc) is 2.07. The van der Waals surface area contributed by atoms with Crippen molar-refractivity contribution in [3.05, 3.63) is 28.3 Å². The van der Waals surface area contributed by atoms with Crippen molar-refractivity contribution in [2.75, 3.05) is 5.73 Å². The fraction of sp³-hybridized carbons (Fsp3) is 0. The molecule has 0 unspecified atom stereocenters. The molecule has 4 nitrogen and oxygen atoms in total. The molecule has 66 valence electrons. The maximum Gasteiger partial charge on any atom is 0.337 e. The van der Waals surface area contributed by atoms with Crippen molar-refractivity contribution in [1.29, 1.82) is 5.26 Å². The maximum atomic E-state index is 10.6. The van der Waals surface area contributed by atoms with Crippen LogP contribution in [0.2, 0.25) is 5.02 Å². The van der Waals surface area contributed by atoms with Gasteiger partial charge in [0.25, 0.3) is 0 Å². The van der Waals surface area contributed by atoms with Gasteiger partial charge < -0.3 is 10.8 Å². The topological polar surface area (TPSA) is 87.1 Å². The predicted molar refractivity (Wildman–Crippen MR) is 47.5 cm³/mol.